The highest BCUT2D eigenvalue weighted by Crippen LogP contribution is 2.25. The Morgan fingerprint density at radius 2 is 1.53 bits per heavy atom. The zero-order valence-electron chi connectivity index (χ0n) is 16.1. The second-order valence-corrected chi connectivity index (χ2v) is 6.70. The third-order valence-electron chi connectivity index (χ3n) is 4.64. The van der Waals surface area contributed by atoms with Gasteiger partial charge in [0.1, 0.15) is 12.1 Å². The Labute approximate surface area is 173 Å². The Balaban J connectivity index is 1.57. The summed E-state index contributed by atoms with van der Waals surface area (Å²) in [6.07, 6.45) is 3.50. The molecule has 2 aromatic carbocycles. The molecule has 146 valence electrons. The van der Waals surface area contributed by atoms with E-state index >= 15 is 0 Å². The molecular weight excluding hydrogens is 374 g/mol. The Kier molecular flexibility index (Phi) is 4.75. The molecule has 0 radical (unpaired) electrons. The highest BCUT2D eigenvalue weighted by Gasteiger charge is 2.15. The van der Waals surface area contributed by atoms with Crippen LogP contribution in [0, 0.1) is 0 Å². The maximum Gasteiger partial charge on any atom is 0.232 e. The molecule has 0 saturated carbocycles. The highest BCUT2D eigenvalue weighted by atomic mass is 15.2. The van der Waals surface area contributed by atoms with E-state index in [-0.39, 0.29) is 0 Å². The molecule has 0 aliphatic carbocycles. The zero-order valence-corrected chi connectivity index (χ0v) is 16.1. The number of benzene rings is 2. The van der Waals surface area contributed by atoms with Crippen LogP contribution in [0.2, 0.25) is 0 Å². The van der Waals surface area contributed by atoms with Crippen LogP contribution in [-0.4, -0.2) is 24.5 Å². The summed E-state index contributed by atoms with van der Waals surface area (Å²) in [7, 11) is 0. The van der Waals surface area contributed by atoms with Gasteiger partial charge in [0.15, 0.2) is 17.0 Å². The van der Waals surface area contributed by atoms with Gasteiger partial charge in [-0.2, -0.15) is 9.97 Å². The van der Waals surface area contributed by atoms with Gasteiger partial charge in [0.05, 0.1) is 0 Å². The van der Waals surface area contributed by atoms with Gasteiger partial charge in [0.25, 0.3) is 0 Å². The predicted molar refractivity (Wildman–Crippen MR) is 118 cm³/mol. The number of aromatic nitrogens is 5. The first kappa shape index (κ1) is 17.8. The predicted octanol–water partition coefficient (Wildman–Crippen LogP) is 4.57. The summed E-state index contributed by atoms with van der Waals surface area (Å²) in [5.41, 5.74) is 3.56. The maximum atomic E-state index is 4.72. The van der Waals surface area contributed by atoms with E-state index in [9.17, 15) is 0 Å². The highest BCUT2D eigenvalue weighted by molar-refractivity contribution is 5.85. The number of pyridine rings is 1. The second-order valence-electron chi connectivity index (χ2n) is 6.70. The van der Waals surface area contributed by atoms with Crippen LogP contribution in [0.5, 0.6) is 0 Å². The molecule has 0 saturated heterocycles. The minimum absolute atomic E-state index is 0.453. The van der Waals surface area contributed by atoms with E-state index in [0.29, 0.717) is 35.3 Å². The normalized spacial score (nSPS) is 10.8. The van der Waals surface area contributed by atoms with Crippen LogP contribution >= 0.6 is 0 Å². The van der Waals surface area contributed by atoms with Crippen molar-refractivity contribution in [1.82, 2.24) is 24.5 Å². The SMILES string of the molecule is c1ccc(CNc2nc(Nc3ccccn3)nc3c2ncn3-c2ccccc2)cc1. The number of fused-ring (bicyclic) bond motifs is 1. The molecule has 7 nitrogen and oxygen atoms in total. The van der Waals surface area contributed by atoms with E-state index < -0.39 is 0 Å². The third-order valence-corrected chi connectivity index (χ3v) is 4.64. The van der Waals surface area contributed by atoms with Crippen molar-refractivity contribution in [3.05, 3.63) is 97.0 Å². The molecule has 30 heavy (non-hydrogen) atoms. The van der Waals surface area contributed by atoms with E-state index in [4.69, 9.17) is 4.98 Å². The third kappa shape index (κ3) is 3.68. The molecule has 2 N–H and O–H groups in total. The van der Waals surface area contributed by atoms with Crippen molar-refractivity contribution < 1.29 is 0 Å². The van der Waals surface area contributed by atoms with Crippen molar-refractivity contribution in [2.75, 3.05) is 10.6 Å². The van der Waals surface area contributed by atoms with Crippen molar-refractivity contribution >= 4 is 28.7 Å². The van der Waals surface area contributed by atoms with Gasteiger partial charge >= 0.3 is 0 Å². The topological polar surface area (TPSA) is 80.6 Å². The fourth-order valence-electron chi connectivity index (χ4n) is 3.19. The van der Waals surface area contributed by atoms with Crippen LogP contribution in [0.3, 0.4) is 0 Å². The van der Waals surface area contributed by atoms with Gasteiger partial charge in [-0.1, -0.05) is 54.6 Å². The van der Waals surface area contributed by atoms with Crippen molar-refractivity contribution in [1.29, 1.82) is 0 Å². The van der Waals surface area contributed by atoms with Gasteiger partial charge in [0.2, 0.25) is 5.95 Å². The number of anilines is 3. The number of imidazole rings is 1. The van der Waals surface area contributed by atoms with E-state index in [0.717, 1.165) is 11.3 Å². The fraction of sp³-hybridized carbons (Fsp3) is 0.0435. The fourth-order valence-corrected chi connectivity index (χ4v) is 3.19. The summed E-state index contributed by atoms with van der Waals surface area (Å²) in [6, 6.07) is 25.8. The monoisotopic (exact) mass is 393 g/mol. The Bertz CT molecular complexity index is 1250. The van der Waals surface area contributed by atoms with Crippen LogP contribution in [0.15, 0.2) is 91.4 Å². The molecule has 0 bridgehead atoms. The van der Waals surface area contributed by atoms with Crippen LogP contribution in [0.25, 0.3) is 16.9 Å². The number of hydrogen-bond acceptors (Lipinski definition) is 6. The molecule has 0 fully saturated rings. The summed E-state index contributed by atoms with van der Waals surface area (Å²) < 4.78 is 1.95. The Morgan fingerprint density at radius 3 is 2.30 bits per heavy atom. The van der Waals surface area contributed by atoms with Gasteiger partial charge in [0, 0.05) is 18.4 Å². The van der Waals surface area contributed by atoms with Gasteiger partial charge < -0.3 is 10.6 Å². The number of nitrogens with zero attached hydrogens (tertiary/aromatic N) is 5. The van der Waals surface area contributed by atoms with Crippen molar-refractivity contribution in [3.63, 3.8) is 0 Å². The summed E-state index contributed by atoms with van der Waals surface area (Å²) in [4.78, 5) is 18.3. The molecular formula is C23H19N7. The minimum Gasteiger partial charge on any atom is -0.364 e. The average molecular weight is 393 g/mol. The lowest BCUT2D eigenvalue weighted by atomic mass is 10.2. The van der Waals surface area contributed by atoms with Gasteiger partial charge in [-0.15, -0.1) is 0 Å². The first-order valence-corrected chi connectivity index (χ1v) is 9.63. The summed E-state index contributed by atoms with van der Waals surface area (Å²) in [6.45, 7) is 0.633. The average Bonchev–Trinajstić information content (AvgIpc) is 3.23. The molecule has 7 heteroatoms. The smallest absolute Gasteiger partial charge is 0.232 e. The molecule has 0 unspecified atom stereocenters. The number of para-hydroxylation sites is 1. The molecule has 0 spiro atoms. The van der Waals surface area contributed by atoms with Crippen molar-refractivity contribution in [3.8, 4) is 5.69 Å². The molecule has 0 aliphatic rings. The van der Waals surface area contributed by atoms with Gasteiger partial charge in [-0.25, -0.2) is 9.97 Å². The summed E-state index contributed by atoms with van der Waals surface area (Å²) in [5, 5.41) is 6.60. The van der Waals surface area contributed by atoms with Gasteiger partial charge in [-0.05, 0) is 29.8 Å². The molecule has 5 rings (SSSR count). The van der Waals surface area contributed by atoms with Crippen molar-refractivity contribution in [2.45, 2.75) is 6.54 Å². The molecule has 0 amide bonds. The Morgan fingerprint density at radius 1 is 0.767 bits per heavy atom. The summed E-state index contributed by atoms with van der Waals surface area (Å²) >= 11 is 0. The molecule has 5 aromatic rings. The lowest BCUT2D eigenvalue weighted by Crippen LogP contribution is -2.07. The molecule has 3 aromatic heterocycles. The maximum absolute atomic E-state index is 4.72. The Hall–Kier alpha value is -4.26. The zero-order chi connectivity index (χ0) is 20.2. The van der Waals surface area contributed by atoms with Crippen molar-refractivity contribution in [2.24, 2.45) is 0 Å². The molecule has 0 atom stereocenters. The van der Waals surface area contributed by atoms with E-state index in [2.05, 4.69) is 37.7 Å². The van der Waals surface area contributed by atoms with E-state index in [1.807, 2.05) is 71.3 Å². The van der Waals surface area contributed by atoms with Crippen LogP contribution in [-0.2, 0) is 6.54 Å². The van der Waals surface area contributed by atoms with Gasteiger partial charge in [-0.3, -0.25) is 4.57 Å². The quantitative estimate of drug-likeness (QED) is 0.440. The largest absolute Gasteiger partial charge is 0.364 e. The standard InChI is InChI=1S/C23H19N7/c1-3-9-17(10-4-1)15-25-21-20-22(30(16-26-20)18-11-5-2-6-12-18)29-23(28-21)27-19-13-7-8-14-24-19/h1-14,16H,15H2,(H2,24,25,27,28,29). The first-order chi connectivity index (χ1) is 14.9. The lowest BCUT2D eigenvalue weighted by Gasteiger charge is -2.10. The summed E-state index contributed by atoms with van der Waals surface area (Å²) in [5.74, 6) is 1.79. The van der Waals surface area contributed by atoms with E-state index in [1.54, 1.807) is 12.5 Å². The second kappa shape index (κ2) is 8.00. The minimum atomic E-state index is 0.453. The van der Waals surface area contributed by atoms with Crippen LogP contribution < -0.4 is 10.6 Å². The number of rotatable bonds is 6. The van der Waals surface area contributed by atoms with Crippen LogP contribution in [0.4, 0.5) is 17.6 Å². The molecule has 3 heterocycles. The number of hydrogen-bond donors (Lipinski definition) is 2. The molecule has 0 aliphatic heterocycles. The van der Waals surface area contributed by atoms with Crippen LogP contribution in [0.1, 0.15) is 5.56 Å². The lowest BCUT2D eigenvalue weighted by molar-refractivity contribution is 1.05. The first-order valence-electron chi connectivity index (χ1n) is 9.63. The van der Waals surface area contributed by atoms with E-state index in [1.165, 1.54) is 0 Å². The number of nitrogens with one attached hydrogen (secondary N) is 2.